The Kier molecular flexibility index (Phi) is 7.60. The highest BCUT2D eigenvalue weighted by Gasteiger charge is 2.26. The Hall–Kier alpha value is -3.22. The van der Waals surface area contributed by atoms with Crippen LogP contribution in [0, 0.1) is 0 Å². The molecule has 1 aromatic carbocycles. The van der Waals surface area contributed by atoms with Crippen molar-refractivity contribution in [2.75, 3.05) is 25.9 Å². The highest BCUT2D eigenvalue weighted by Crippen LogP contribution is 2.31. The van der Waals surface area contributed by atoms with Crippen LogP contribution < -0.4 is 15.9 Å². The van der Waals surface area contributed by atoms with Gasteiger partial charge in [-0.3, -0.25) is 9.69 Å². The number of anilines is 1. The number of hydrazone groups is 1. The summed E-state index contributed by atoms with van der Waals surface area (Å²) in [6.07, 6.45) is 5.88. The number of aromatic nitrogens is 5. The average Bonchev–Trinajstić information content (AvgIpc) is 3.31. The third kappa shape index (κ3) is 5.29. The zero-order valence-corrected chi connectivity index (χ0v) is 19.9. The van der Waals surface area contributed by atoms with Crippen LogP contribution in [0.1, 0.15) is 47.4 Å². The van der Waals surface area contributed by atoms with Crippen molar-refractivity contribution >= 4 is 41.1 Å². The molecule has 14 heteroatoms. The molecule has 1 fully saturated rings. The quantitative estimate of drug-likeness (QED) is 0.363. The number of nitrogens with two attached hydrogens (primary N) is 1. The summed E-state index contributed by atoms with van der Waals surface area (Å²) < 4.78 is 11.4. The van der Waals surface area contributed by atoms with Crippen molar-refractivity contribution in [3.05, 3.63) is 39.1 Å². The van der Waals surface area contributed by atoms with Gasteiger partial charge in [0.25, 0.3) is 5.91 Å². The SMILES string of the molecule is COc1c(Cl)cc(Cl)cc1/C=N\NC(=O)c1nnn(-c2nonc2N)c1CN1CCCCCC1. The van der Waals surface area contributed by atoms with Crippen LogP contribution >= 0.6 is 23.2 Å². The molecule has 1 aliphatic rings. The van der Waals surface area contributed by atoms with Crippen LogP contribution in [0.25, 0.3) is 5.82 Å². The highest BCUT2D eigenvalue weighted by molar-refractivity contribution is 6.36. The van der Waals surface area contributed by atoms with Gasteiger partial charge < -0.3 is 10.5 Å². The smallest absolute Gasteiger partial charge is 0.293 e. The minimum absolute atomic E-state index is 0.0388. The first-order valence-electron chi connectivity index (χ1n) is 10.6. The molecule has 0 spiro atoms. The van der Waals surface area contributed by atoms with E-state index < -0.39 is 5.91 Å². The summed E-state index contributed by atoms with van der Waals surface area (Å²) in [4.78, 5) is 15.2. The van der Waals surface area contributed by atoms with Gasteiger partial charge in [-0.2, -0.15) is 9.78 Å². The molecule has 0 atom stereocenters. The lowest BCUT2D eigenvalue weighted by atomic mass is 10.2. The van der Waals surface area contributed by atoms with Crippen molar-refractivity contribution in [1.82, 2.24) is 35.6 Å². The van der Waals surface area contributed by atoms with E-state index in [4.69, 9.17) is 38.3 Å². The molecule has 34 heavy (non-hydrogen) atoms. The number of amides is 1. The zero-order chi connectivity index (χ0) is 24.1. The number of nitrogens with zero attached hydrogens (tertiary/aromatic N) is 7. The first-order valence-corrected chi connectivity index (χ1v) is 11.3. The van der Waals surface area contributed by atoms with E-state index in [1.165, 1.54) is 30.8 Å². The highest BCUT2D eigenvalue weighted by atomic mass is 35.5. The topological polar surface area (TPSA) is 150 Å². The summed E-state index contributed by atoms with van der Waals surface area (Å²) in [5, 5.41) is 20.3. The summed E-state index contributed by atoms with van der Waals surface area (Å²) in [5.41, 5.74) is 9.40. The summed E-state index contributed by atoms with van der Waals surface area (Å²) in [7, 11) is 1.48. The van der Waals surface area contributed by atoms with E-state index in [0.717, 1.165) is 25.9 Å². The van der Waals surface area contributed by atoms with Crippen LogP contribution in [-0.2, 0) is 6.54 Å². The minimum atomic E-state index is -0.561. The number of likely N-dealkylation sites (tertiary alicyclic amines) is 1. The van der Waals surface area contributed by atoms with Crippen molar-refractivity contribution in [2.24, 2.45) is 5.10 Å². The third-order valence-electron chi connectivity index (χ3n) is 5.36. The van der Waals surface area contributed by atoms with Crippen LogP contribution in [0.2, 0.25) is 10.0 Å². The van der Waals surface area contributed by atoms with Gasteiger partial charge in [-0.1, -0.05) is 41.3 Å². The van der Waals surface area contributed by atoms with Gasteiger partial charge in [0.1, 0.15) is 5.75 Å². The van der Waals surface area contributed by atoms with Crippen molar-refractivity contribution in [3.8, 4) is 11.6 Å². The Labute approximate surface area is 205 Å². The van der Waals surface area contributed by atoms with E-state index in [1.807, 2.05) is 0 Å². The van der Waals surface area contributed by atoms with Crippen molar-refractivity contribution in [1.29, 1.82) is 0 Å². The Balaban J connectivity index is 1.59. The standard InChI is InChI=1S/C20H23Cl2N9O3/c1-33-17-12(8-13(21)9-14(17)22)10-24-26-20(32)16-15(11-30-6-4-2-3-5-7-30)31(29-25-16)19-18(23)27-34-28-19/h8-10H,2-7,11H2,1H3,(H2,23,27)(H,26,32)/b24-10-. The van der Waals surface area contributed by atoms with Crippen LogP contribution in [0.5, 0.6) is 5.75 Å². The number of halogens is 2. The average molecular weight is 508 g/mol. The van der Waals surface area contributed by atoms with Crippen molar-refractivity contribution in [2.45, 2.75) is 32.2 Å². The normalized spacial score (nSPS) is 14.9. The fraction of sp³-hybridized carbons (Fsp3) is 0.400. The molecule has 1 aliphatic heterocycles. The largest absolute Gasteiger partial charge is 0.495 e. The second-order valence-corrected chi connectivity index (χ2v) is 8.51. The van der Waals surface area contributed by atoms with E-state index >= 15 is 0 Å². The number of nitrogens with one attached hydrogen (secondary N) is 1. The molecule has 0 aliphatic carbocycles. The fourth-order valence-corrected chi connectivity index (χ4v) is 4.33. The first kappa shape index (κ1) is 23.9. The van der Waals surface area contributed by atoms with Gasteiger partial charge in [0.05, 0.1) is 24.0 Å². The predicted octanol–water partition coefficient (Wildman–Crippen LogP) is 2.69. The molecule has 1 saturated heterocycles. The molecule has 1 amide bonds. The third-order valence-corrected chi connectivity index (χ3v) is 5.86. The summed E-state index contributed by atoms with van der Waals surface area (Å²) in [5.74, 6) is 0.0235. The predicted molar refractivity (Wildman–Crippen MR) is 125 cm³/mol. The monoisotopic (exact) mass is 507 g/mol. The summed E-state index contributed by atoms with van der Waals surface area (Å²) >= 11 is 12.2. The number of ether oxygens (including phenoxy) is 1. The van der Waals surface area contributed by atoms with E-state index in [9.17, 15) is 4.79 Å². The Morgan fingerprint density at radius 1 is 1.26 bits per heavy atom. The number of benzene rings is 1. The summed E-state index contributed by atoms with van der Waals surface area (Å²) in [6, 6.07) is 3.17. The molecule has 12 nitrogen and oxygen atoms in total. The van der Waals surface area contributed by atoms with Gasteiger partial charge >= 0.3 is 0 Å². The minimum Gasteiger partial charge on any atom is -0.495 e. The molecule has 2 aromatic heterocycles. The Bertz CT molecular complexity index is 1190. The first-order chi connectivity index (χ1) is 16.5. The second-order valence-electron chi connectivity index (χ2n) is 7.67. The van der Waals surface area contributed by atoms with Crippen LogP contribution in [0.4, 0.5) is 5.82 Å². The van der Waals surface area contributed by atoms with Gasteiger partial charge in [-0.15, -0.1) is 5.10 Å². The molecule has 3 aromatic rings. The van der Waals surface area contributed by atoms with E-state index in [2.05, 4.69) is 36.1 Å². The lowest BCUT2D eigenvalue weighted by Crippen LogP contribution is -2.28. The molecular weight excluding hydrogens is 485 g/mol. The number of hydrogen-bond donors (Lipinski definition) is 2. The maximum absolute atomic E-state index is 13.0. The number of carbonyl (C=O) groups excluding carboxylic acids is 1. The number of hydrogen-bond acceptors (Lipinski definition) is 10. The van der Waals surface area contributed by atoms with Gasteiger partial charge in [0, 0.05) is 17.1 Å². The van der Waals surface area contributed by atoms with Crippen LogP contribution in [-0.4, -0.2) is 62.5 Å². The number of carbonyl (C=O) groups is 1. The number of rotatable bonds is 7. The van der Waals surface area contributed by atoms with Gasteiger partial charge in [0.15, 0.2) is 5.69 Å². The van der Waals surface area contributed by atoms with Crippen molar-refractivity contribution in [3.63, 3.8) is 0 Å². The van der Waals surface area contributed by atoms with Gasteiger partial charge in [-0.05, 0) is 48.4 Å². The molecular formula is C20H23Cl2N9O3. The molecule has 180 valence electrons. The van der Waals surface area contributed by atoms with E-state index in [-0.39, 0.29) is 17.3 Å². The number of nitrogen functional groups attached to an aromatic ring is 1. The van der Waals surface area contributed by atoms with Crippen molar-refractivity contribution < 1.29 is 14.2 Å². The molecule has 3 heterocycles. The Morgan fingerprint density at radius 2 is 2.03 bits per heavy atom. The maximum atomic E-state index is 13.0. The van der Waals surface area contributed by atoms with E-state index in [0.29, 0.717) is 33.6 Å². The Morgan fingerprint density at radius 3 is 2.71 bits per heavy atom. The molecule has 0 radical (unpaired) electrons. The van der Waals surface area contributed by atoms with Gasteiger partial charge in [0.2, 0.25) is 11.6 Å². The van der Waals surface area contributed by atoms with Crippen LogP contribution in [0.15, 0.2) is 21.9 Å². The van der Waals surface area contributed by atoms with Crippen LogP contribution in [0.3, 0.4) is 0 Å². The summed E-state index contributed by atoms with van der Waals surface area (Å²) in [6.45, 7) is 2.21. The lowest BCUT2D eigenvalue weighted by molar-refractivity contribution is 0.0947. The second kappa shape index (κ2) is 10.8. The van der Waals surface area contributed by atoms with Gasteiger partial charge in [-0.25, -0.2) is 10.1 Å². The maximum Gasteiger partial charge on any atom is 0.293 e. The molecule has 3 N–H and O–H groups in total. The molecule has 0 unspecified atom stereocenters. The molecule has 4 rings (SSSR count). The van der Waals surface area contributed by atoms with E-state index in [1.54, 1.807) is 12.1 Å². The lowest BCUT2D eigenvalue weighted by Gasteiger charge is -2.20. The number of methoxy groups -OCH3 is 1. The molecule has 0 bridgehead atoms. The fourth-order valence-electron chi connectivity index (χ4n) is 3.74. The molecule has 0 saturated carbocycles. The zero-order valence-electron chi connectivity index (χ0n) is 18.4.